The Hall–Kier alpha value is -3.36. The van der Waals surface area contributed by atoms with Crippen molar-refractivity contribution in [2.24, 2.45) is 0 Å². The van der Waals surface area contributed by atoms with Crippen molar-refractivity contribution in [2.75, 3.05) is 12.5 Å². The first-order chi connectivity index (χ1) is 15.0. The third kappa shape index (κ3) is 4.26. The number of aromatic nitrogens is 2. The van der Waals surface area contributed by atoms with Crippen LogP contribution in [-0.4, -0.2) is 34.2 Å². The molecule has 0 unspecified atom stereocenters. The summed E-state index contributed by atoms with van der Waals surface area (Å²) in [5.74, 6) is 0.805. The molecule has 0 aliphatic heterocycles. The summed E-state index contributed by atoms with van der Waals surface area (Å²) in [5.41, 5.74) is 6.53. The van der Waals surface area contributed by atoms with E-state index in [-0.39, 0.29) is 5.91 Å². The van der Waals surface area contributed by atoms with Gasteiger partial charge in [-0.3, -0.25) is 20.0 Å². The molecule has 3 heterocycles. The van der Waals surface area contributed by atoms with Gasteiger partial charge in [-0.2, -0.15) is 0 Å². The van der Waals surface area contributed by atoms with E-state index in [2.05, 4.69) is 16.9 Å². The van der Waals surface area contributed by atoms with Gasteiger partial charge < -0.3 is 0 Å². The molecule has 6 nitrogen and oxygen atoms in total. The van der Waals surface area contributed by atoms with Gasteiger partial charge in [0.1, 0.15) is 11.1 Å². The van der Waals surface area contributed by atoms with Crippen LogP contribution in [0.15, 0.2) is 58.8 Å². The molecule has 0 atom stereocenters. The molecule has 0 saturated heterocycles. The highest BCUT2D eigenvalue weighted by atomic mass is 32.1. The van der Waals surface area contributed by atoms with E-state index in [9.17, 15) is 9.59 Å². The van der Waals surface area contributed by atoms with E-state index in [1.165, 1.54) is 11.1 Å². The highest BCUT2D eigenvalue weighted by Crippen LogP contribution is 2.40. The number of aldehydes is 1. The van der Waals surface area contributed by atoms with Crippen molar-refractivity contribution in [2.45, 2.75) is 13.8 Å². The zero-order valence-electron chi connectivity index (χ0n) is 17.2. The molecule has 0 fully saturated rings. The number of aryl methyl sites for hydroxylation is 1. The first-order valence-electron chi connectivity index (χ1n) is 9.55. The normalized spacial score (nSPS) is 11.5. The highest BCUT2D eigenvalue weighted by molar-refractivity contribution is 7.18. The van der Waals surface area contributed by atoms with E-state index >= 15 is 0 Å². The maximum atomic E-state index is 12.6. The number of carbonyl (C=O) groups is 2. The quantitative estimate of drug-likeness (QED) is 0.245. The fourth-order valence-corrected chi connectivity index (χ4v) is 4.88. The lowest BCUT2D eigenvalue weighted by Crippen LogP contribution is -2.33. The third-order valence-corrected chi connectivity index (χ3v) is 6.54. The lowest BCUT2D eigenvalue weighted by Gasteiger charge is -2.20. The van der Waals surface area contributed by atoms with Gasteiger partial charge >= 0.3 is 0 Å². The average molecular weight is 449 g/mol. The number of fused-ring (bicyclic) bond motifs is 1. The van der Waals surface area contributed by atoms with Crippen molar-refractivity contribution in [3.63, 3.8) is 0 Å². The minimum Gasteiger partial charge on any atom is -0.299 e. The molecule has 8 heteroatoms. The molecule has 156 valence electrons. The maximum absolute atomic E-state index is 12.6. The molecule has 4 aromatic rings. The van der Waals surface area contributed by atoms with Crippen LogP contribution in [0, 0.1) is 6.92 Å². The van der Waals surface area contributed by atoms with Gasteiger partial charge in [-0.25, -0.2) is 9.97 Å². The summed E-state index contributed by atoms with van der Waals surface area (Å²) < 4.78 is 0. The lowest BCUT2D eigenvalue weighted by molar-refractivity contribution is -0.124. The van der Waals surface area contributed by atoms with E-state index in [0.717, 1.165) is 31.8 Å². The van der Waals surface area contributed by atoms with E-state index in [1.807, 2.05) is 42.6 Å². The molecule has 1 aromatic carbocycles. The standard InChI is InChI=1S/C23H20N4O2S2/c1-14-6-8-16(9-7-14)20-24-21(26-27(3)23(29)15(2)10-11-28)19-17(13-31-22(19)25-20)18-5-4-12-30-18/h4-13H,1-3H3,(H,24,25,26)/b15-10-. The minimum atomic E-state index is -0.316. The van der Waals surface area contributed by atoms with Crippen molar-refractivity contribution < 1.29 is 9.59 Å². The molecule has 0 spiro atoms. The van der Waals surface area contributed by atoms with E-state index in [4.69, 9.17) is 9.97 Å². The molecular weight excluding hydrogens is 428 g/mol. The Morgan fingerprint density at radius 3 is 2.58 bits per heavy atom. The SMILES string of the molecule is C/C(=C/C=O)C(=O)N(C)Nc1nc(-c2ccc(C)cc2)nc2scc(-c3cccs3)c12. The zero-order chi connectivity index (χ0) is 22.0. The van der Waals surface area contributed by atoms with Crippen LogP contribution in [-0.2, 0) is 9.59 Å². The minimum absolute atomic E-state index is 0.316. The van der Waals surface area contributed by atoms with Gasteiger partial charge in [-0.1, -0.05) is 35.9 Å². The molecule has 1 amide bonds. The van der Waals surface area contributed by atoms with Gasteiger partial charge in [-0.05, 0) is 31.4 Å². The number of benzene rings is 1. The van der Waals surface area contributed by atoms with Gasteiger partial charge in [0, 0.05) is 34.0 Å². The molecule has 0 aliphatic rings. The van der Waals surface area contributed by atoms with E-state index < -0.39 is 0 Å². The third-order valence-electron chi connectivity index (χ3n) is 4.76. The molecule has 31 heavy (non-hydrogen) atoms. The van der Waals surface area contributed by atoms with Crippen molar-refractivity contribution in [1.29, 1.82) is 0 Å². The number of nitrogens with zero attached hydrogens (tertiary/aromatic N) is 3. The largest absolute Gasteiger partial charge is 0.299 e. The lowest BCUT2D eigenvalue weighted by atomic mass is 10.1. The number of rotatable bonds is 6. The summed E-state index contributed by atoms with van der Waals surface area (Å²) in [6.07, 6.45) is 1.85. The Balaban J connectivity index is 1.84. The number of hydrazine groups is 1. The fourth-order valence-electron chi connectivity index (χ4n) is 3.12. The van der Waals surface area contributed by atoms with Gasteiger partial charge in [0.15, 0.2) is 11.6 Å². The number of nitrogens with one attached hydrogen (secondary N) is 1. The van der Waals surface area contributed by atoms with Crippen LogP contribution < -0.4 is 5.43 Å². The summed E-state index contributed by atoms with van der Waals surface area (Å²) in [7, 11) is 1.61. The Morgan fingerprint density at radius 2 is 1.90 bits per heavy atom. The molecule has 0 saturated carbocycles. The molecule has 0 aliphatic carbocycles. The number of likely N-dealkylation sites (N-methyl/N-ethyl adjacent to an activating group) is 1. The van der Waals surface area contributed by atoms with Crippen LogP contribution in [0.5, 0.6) is 0 Å². The Labute approximate surface area is 187 Å². The molecule has 0 bridgehead atoms. The van der Waals surface area contributed by atoms with Gasteiger partial charge in [-0.15, -0.1) is 22.7 Å². The second-order valence-electron chi connectivity index (χ2n) is 7.03. The molecule has 3 aromatic heterocycles. The maximum Gasteiger partial charge on any atom is 0.267 e. The number of anilines is 1. The van der Waals surface area contributed by atoms with Gasteiger partial charge in [0.2, 0.25) is 0 Å². The number of allylic oxidation sites excluding steroid dienone is 1. The monoisotopic (exact) mass is 448 g/mol. The summed E-state index contributed by atoms with van der Waals surface area (Å²) in [5, 5.41) is 6.29. The number of hydrogen-bond donors (Lipinski definition) is 1. The van der Waals surface area contributed by atoms with Crippen LogP contribution in [0.4, 0.5) is 5.82 Å². The van der Waals surface area contributed by atoms with Crippen LogP contribution in [0.3, 0.4) is 0 Å². The zero-order valence-corrected chi connectivity index (χ0v) is 18.9. The van der Waals surface area contributed by atoms with Crippen molar-refractivity contribution >= 4 is 50.9 Å². The van der Waals surface area contributed by atoms with Crippen LogP contribution in [0.2, 0.25) is 0 Å². The van der Waals surface area contributed by atoms with Crippen LogP contribution in [0.1, 0.15) is 12.5 Å². The highest BCUT2D eigenvalue weighted by Gasteiger charge is 2.19. The summed E-state index contributed by atoms with van der Waals surface area (Å²) in [4.78, 5) is 34.9. The molecule has 4 rings (SSSR count). The molecule has 1 N–H and O–H groups in total. The first-order valence-corrected chi connectivity index (χ1v) is 11.3. The predicted octanol–water partition coefficient (Wildman–Crippen LogP) is 5.33. The average Bonchev–Trinajstić information content (AvgIpc) is 3.43. The number of thiophene rings is 2. The number of amides is 1. The first kappa shape index (κ1) is 20.9. The van der Waals surface area contributed by atoms with Gasteiger partial charge in [0.25, 0.3) is 5.91 Å². The predicted molar refractivity (Wildman–Crippen MR) is 127 cm³/mol. The Kier molecular flexibility index (Phi) is 5.92. The summed E-state index contributed by atoms with van der Waals surface area (Å²) in [6, 6.07) is 12.1. The molecule has 0 radical (unpaired) electrons. The van der Waals surface area contributed by atoms with Crippen LogP contribution in [0.25, 0.3) is 32.0 Å². The second kappa shape index (κ2) is 8.79. The Morgan fingerprint density at radius 1 is 1.13 bits per heavy atom. The summed E-state index contributed by atoms with van der Waals surface area (Å²) >= 11 is 3.18. The van der Waals surface area contributed by atoms with Gasteiger partial charge in [0.05, 0.1) is 5.39 Å². The fraction of sp³-hybridized carbons (Fsp3) is 0.130. The number of hydrogen-bond acceptors (Lipinski definition) is 7. The van der Waals surface area contributed by atoms with Crippen LogP contribution >= 0.6 is 22.7 Å². The topological polar surface area (TPSA) is 75.2 Å². The second-order valence-corrected chi connectivity index (χ2v) is 8.84. The smallest absolute Gasteiger partial charge is 0.267 e. The van der Waals surface area contributed by atoms with Crippen molar-refractivity contribution in [1.82, 2.24) is 15.0 Å². The molecular formula is C23H20N4O2S2. The number of carbonyl (C=O) groups excluding carboxylic acids is 2. The van der Waals surface area contributed by atoms with Crippen molar-refractivity contribution in [3.05, 3.63) is 64.4 Å². The Bertz CT molecular complexity index is 1280. The van der Waals surface area contributed by atoms with E-state index in [0.29, 0.717) is 23.5 Å². The van der Waals surface area contributed by atoms with E-state index in [1.54, 1.807) is 36.6 Å². The van der Waals surface area contributed by atoms with Crippen molar-refractivity contribution in [3.8, 4) is 21.8 Å². The summed E-state index contributed by atoms with van der Waals surface area (Å²) in [6.45, 7) is 3.63.